The molecule has 1 aromatic heterocycles. The normalized spacial score (nSPS) is 16.3. The minimum atomic E-state index is -0.778. The largest absolute Gasteiger partial charge is 0.481 e. The van der Waals surface area contributed by atoms with Gasteiger partial charge in [0.25, 0.3) is 0 Å². The molecule has 0 unspecified atom stereocenters. The molecule has 1 aromatic rings. The first-order valence-electron chi connectivity index (χ1n) is 6.12. The molecular weight excluding hydrogens is 252 g/mol. The zero-order valence-electron chi connectivity index (χ0n) is 10.4. The predicted molar refractivity (Wildman–Crippen MR) is 63.0 cm³/mol. The molecule has 0 bridgehead atoms. The summed E-state index contributed by atoms with van der Waals surface area (Å²) in [6.45, 7) is 1.39. The van der Waals surface area contributed by atoms with Gasteiger partial charge in [-0.05, 0) is 18.8 Å². The van der Waals surface area contributed by atoms with Crippen LogP contribution in [0.2, 0.25) is 0 Å². The molecule has 0 aliphatic carbocycles. The van der Waals surface area contributed by atoms with Gasteiger partial charge in [-0.1, -0.05) is 5.21 Å². The summed E-state index contributed by atoms with van der Waals surface area (Å²) in [7, 11) is 0. The van der Waals surface area contributed by atoms with Crippen molar-refractivity contribution < 1.29 is 14.7 Å². The van der Waals surface area contributed by atoms with Crippen LogP contribution in [-0.2, 0) is 11.3 Å². The lowest BCUT2D eigenvalue weighted by Crippen LogP contribution is -2.44. The average Bonchev–Trinajstić information content (AvgIpc) is 2.89. The molecule has 2 heterocycles. The number of hydrogen-bond acceptors (Lipinski definition) is 5. The van der Waals surface area contributed by atoms with E-state index in [1.165, 1.54) is 0 Å². The molecule has 104 valence electrons. The third-order valence-electron chi connectivity index (χ3n) is 3.15. The van der Waals surface area contributed by atoms with Gasteiger partial charge in [-0.15, -0.1) is 10.2 Å². The standard InChI is InChI=1S/C10H16N6O3/c17-9(18)5-7-1-3-16(4-2-7)10(19)11-6-8-12-14-15-13-8/h7H,1-6H2,(H,11,19)(H,17,18)(H,12,13,14,15). The van der Waals surface area contributed by atoms with Crippen molar-refractivity contribution in [3.05, 3.63) is 5.82 Å². The lowest BCUT2D eigenvalue weighted by molar-refractivity contribution is -0.138. The minimum Gasteiger partial charge on any atom is -0.481 e. The molecule has 0 aromatic carbocycles. The van der Waals surface area contributed by atoms with Gasteiger partial charge in [0, 0.05) is 19.5 Å². The van der Waals surface area contributed by atoms with Crippen LogP contribution >= 0.6 is 0 Å². The number of aromatic amines is 1. The first kappa shape index (κ1) is 13.2. The molecule has 9 nitrogen and oxygen atoms in total. The fourth-order valence-corrected chi connectivity index (χ4v) is 2.11. The summed E-state index contributed by atoms with van der Waals surface area (Å²) < 4.78 is 0. The van der Waals surface area contributed by atoms with E-state index >= 15 is 0 Å². The number of aliphatic carboxylic acids is 1. The van der Waals surface area contributed by atoms with E-state index in [4.69, 9.17) is 5.11 Å². The number of nitrogens with zero attached hydrogens (tertiary/aromatic N) is 4. The molecule has 1 saturated heterocycles. The summed E-state index contributed by atoms with van der Waals surface area (Å²) in [5.41, 5.74) is 0. The molecule has 0 spiro atoms. The van der Waals surface area contributed by atoms with Crippen LogP contribution < -0.4 is 5.32 Å². The van der Waals surface area contributed by atoms with Gasteiger partial charge in [0.2, 0.25) is 0 Å². The van der Waals surface area contributed by atoms with Crippen molar-refractivity contribution >= 4 is 12.0 Å². The number of carbonyl (C=O) groups is 2. The highest BCUT2D eigenvalue weighted by molar-refractivity contribution is 5.74. The number of hydrogen-bond donors (Lipinski definition) is 3. The number of piperidine rings is 1. The Morgan fingerprint density at radius 1 is 1.42 bits per heavy atom. The number of carbonyl (C=O) groups excluding carboxylic acids is 1. The number of amides is 2. The predicted octanol–water partition coefficient (Wildman–Crippen LogP) is -0.404. The van der Waals surface area contributed by atoms with Gasteiger partial charge in [0.1, 0.15) is 0 Å². The van der Waals surface area contributed by atoms with E-state index in [9.17, 15) is 9.59 Å². The van der Waals surface area contributed by atoms with Crippen molar-refractivity contribution in [1.82, 2.24) is 30.8 Å². The maximum Gasteiger partial charge on any atom is 0.317 e. The number of carboxylic acids is 1. The van der Waals surface area contributed by atoms with E-state index in [1.807, 2.05) is 0 Å². The average molecular weight is 268 g/mol. The smallest absolute Gasteiger partial charge is 0.317 e. The Morgan fingerprint density at radius 3 is 2.74 bits per heavy atom. The number of urea groups is 1. The number of rotatable bonds is 4. The van der Waals surface area contributed by atoms with Crippen molar-refractivity contribution in [2.75, 3.05) is 13.1 Å². The van der Waals surface area contributed by atoms with Crippen LogP contribution in [0.15, 0.2) is 0 Å². The molecule has 1 aliphatic rings. The van der Waals surface area contributed by atoms with Crippen LogP contribution in [0.3, 0.4) is 0 Å². The van der Waals surface area contributed by atoms with Crippen LogP contribution in [0.5, 0.6) is 0 Å². The molecule has 0 atom stereocenters. The number of H-pyrrole nitrogens is 1. The highest BCUT2D eigenvalue weighted by Gasteiger charge is 2.24. The summed E-state index contributed by atoms with van der Waals surface area (Å²) in [6, 6.07) is -0.182. The van der Waals surface area contributed by atoms with E-state index in [-0.39, 0.29) is 24.9 Å². The van der Waals surface area contributed by atoms with E-state index in [0.29, 0.717) is 18.9 Å². The van der Waals surface area contributed by atoms with Crippen molar-refractivity contribution in [2.24, 2.45) is 5.92 Å². The number of carboxylic acid groups (broad SMARTS) is 1. The first-order chi connectivity index (χ1) is 9.15. The summed E-state index contributed by atoms with van der Waals surface area (Å²) in [4.78, 5) is 24.1. The lowest BCUT2D eigenvalue weighted by Gasteiger charge is -2.31. The third-order valence-corrected chi connectivity index (χ3v) is 3.15. The molecule has 1 fully saturated rings. The number of nitrogens with one attached hydrogen (secondary N) is 2. The molecule has 1 aliphatic heterocycles. The van der Waals surface area contributed by atoms with E-state index in [1.54, 1.807) is 4.90 Å². The summed E-state index contributed by atoms with van der Waals surface area (Å²) in [6.07, 6.45) is 1.63. The Hall–Kier alpha value is -2.19. The van der Waals surface area contributed by atoms with E-state index in [0.717, 1.165) is 12.8 Å². The maximum absolute atomic E-state index is 11.8. The molecule has 19 heavy (non-hydrogen) atoms. The number of tetrazole rings is 1. The van der Waals surface area contributed by atoms with Gasteiger partial charge in [-0.2, -0.15) is 5.21 Å². The zero-order chi connectivity index (χ0) is 13.7. The second kappa shape index (κ2) is 6.12. The Bertz CT molecular complexity index is 426. The quantitative estimate of drug-likeness (QED) is 0.682. The Kier molecular flexibility index (Phi) is 4.26. The van der Waals surface area contributed by atoms with E-state index < -0.39 is 5.97 Å². The molecule has 9 heteroatoms. The third kappa shape index (κ3) is 3.90. The van der Waals surface area contributed by atoms with Gasteiger partial charge in [-0.25, -0.2) is 4.79 Å². The van der Waals surface area contributed by atoms with Gasteiger partial charge < -0.3 is 15.3 Å². The molecule has 0 radical (unpaired) electrons. The summed E-state index contributed by atoms with van der Waals surface area (Å²) >= 11 is 0. The molecule has 3 N–H and O–H groups in total. The van der Waals surface area contributed by atoms with Gasteiger partial charge in [0.05, 0.1) is 6.54 Å². The molecular formula is C10H16N6O3. The summed E-state index contributed by atoms with van der Waals surface area (Å²) in [5.74, 6) is -0.187. The molecule has 2 amide bonds. The SMILES string of the molecule is O=C(O)CC1CCN(C(=O)NCc2nn[nH]n2)CC1. The Balaban J connectivity index is 1.71. The van der Waals surface area contributed by atoms with Crippen LogP contribution in [0.25, 0.3) is 0 Å². The second-order valence-corrected chi connectivity index (χ2v) is 4.52. The van der Waals surface area contributed by atoms with Crippen LogP contribution in [0, 0.1) is 5.92 Å². The first-order valence-corrected chi connectivity index (χ1v) is 6.12. The monoisotopic (exact) mass is 268 g/mol. The van der Waals surface area contributed by atoms with Gasteiger partial charge in [-0.3, -0.25) is 4.79 Å². The van der Waals surface area contributed by atoms with Crippen molar-refractivity contribution in [3.8, 4) is 0 Å². The minimum absolute atomic E-state index is 0.166. The Morgan fingerprint density at radius 2 is 2.16 bits per heavy atom. The zero-order valence-corrected chi connectivity index (χ0v) is 10.4. The second-order valence-electron chi connectivity index (χ2n) is 4.52. The maximum atomic E-state index is 11.8. The molecule has 2 rings (SSSR count). The fourth-order valence-electron chi connectivity index (χ4n) is 2.11. The van der Waals surface area contributed by atoms with Crippen molar-refractivity contribution in [2.45, 2.75) is 25.8 Å². The van der Waals surface area contributed by atoms with E-state index in [2.05, 4.69) is 25.9 Å². The highest BCUT2D eigenvalue weighted by atomic mass is 16.4. The number of aromatic nitrogens is 4. The van der Waals surface area contributed by atoms with Gasteiger partial charge >= 0.3 is 12.0 Å². The van der Waals surface area contributed by atoms with Crippen molar-refractivity contribution in [1.29, 1.82) is 0 Å². The highest BCUT2D eigenvalue weighted by Crippen LogP contribution is 2.20. The van der Waals surface area contributed by atoms with Gasteiger partial charge in [0.15, 0.2) is 5.82 Å². The lowest BCUT2D eigenvalue weighted by atomic mass is 9.94. The molecule has 0 saturated carbocycles. The van der Waals surface area contributed by atoms with Crippen LogP contribution in [-0.4, -0.2) is 55.7 Å². The van der Waals surface area contributed by atoms with Crippen molar-refractivity contribution in [3.63, 3.8) is 0 Å². The fraction of sp³-hybridized carbons (Fsp3) is 0.700. The topological polar surface area (TPSA) is 124 Å². The summed E-state index contributed by atoms with van der Waals surface area (Å²) in [5, 5.41) is 24.6. The van der Waals surface area contributed by atoms with Crippen LogP contribution in [0.4, 0.5) is 4.79 Å². The number of likely N-dealkylation sites (tertiary alicyclic amines) is 1. The van der Waals surface area contributed by atoms with Crippen LogP contribution in [0.1, 0.15) is 25.1 Å². The Labute approximate surface area is 109 Å².